The van der Waals surface area contributed by atoms with Crippen LogP contribution in [-0.4, -0.2) is 12.2 Å². The van der Waals surface area contributed by atoms with Gasteiger partial charge in [0, 0.05) is 11.4 Å². The maximum Gasteiger partial charge on any atom is 0.221 e. The Kier molecular flexibility index (Phi) is 3.19. The highest BCUT2D eigenvalue weighted by Crippen LogP contribution is 2.22. The van der Waals surface area contributed by atoms with E-state index in [1.54, 1.807) is 18.2 Å². The Labute approximate surface area is 84.3 Å². The van der Waals surface area contributed by atoms with Crippen LogP contribution in [-0.2, 0) is 4.79 Å². The summed E-state index contributed by atoms with van der Waals surface area (Å²) in [5.74, 6) is -0.193. The van der Waals surface area contributed by atoms with Gasteiger partial charge in [-0.3, -0.25) is 9.59 Å². The fourth-order valence-corrected chi connectivity index (χ4v) is 1.42. The minimum Gasteiger partial charge on any atom is -0.326 e. The predicted octanol–water partition coefficient (Wildman–Crippen LogP) is 2.22. The molecule has 4 heteroatoms. The molecule has 1 N–H and O–H groups in total. The number of hydrogen-bond donors (Lipinski definition) is 1. The van der Waals surface area contributed by atoms with Crippen LogP contribution >= 0.6 is 15.9 Å². The summed E-state index contributed by atoms with van der Waals surface area (Å²) in [6.07, 6.45) is 0.704. The van der Waals surface area contributed by atoms with E-state index >= 15 is 0 Å². The zero-order valence-electron chi connectivity index (χ0n) is 7.00. The standard InChI is InChI=1S/C9H8BrNO2/c1-6(13)11-9-4-2-3-8(10)7(9)5-12/h2-5H,1H3,(H,11,13). The van der Waals surface area contributed by atoms with Crippen LogP contribution in [0.2, 0.25) is 0 Å². The first-order chi connectivity index (χ1) is 6.15. The molecule has 0 aliphatic carbocycles. The Morgan fingerprint density at radius 1 is 1.54 bits per heavy atom. The highest BCUT2D eigenvalue weighted by molar-refractivity contribution is 9.10. The van der Waals surface area contributed by atoms with E-state index in [2.05, 4.69) is 21.2 Å². The van der Waals surface area contributed by atoms with Crippen LogP contribution in [0.15, 0.2) is 22.7 Å². The molecule has 1 aromatic rings. The molecule has 0 aliphatic heterocycles. The van der Waals surface area contributed by atoms with Crippen molar-refractivity contribution >= 4 is 33.8 Å². The van der Waals surface area contributed by atoms with Crippen molar-refractivity contribution in [1.29, 1.82) is 0 Å². The van der Waals surface area contributed by atoms with Crippen molar-refractivity contribution in [1.82, 2.24) is 0 Å². The van der Waals surface area contributed by atoms with Crippen molar-refractivity contribution in [3.05, 3.63) is 28.2 Å². The van der Waals surface area contributed by atoms with Crippen molar-refractivity contribution < 1.29 is 9.59 Å². The number of carbonyl (C=O) groups excluding carboxylic acids is 2. The van der Waals surface area contributed by atoms with Crippen LogP contribution in [0.3, 0.4) is 0 Å². The van der Waals surface area contributed by atoms with Crippen molar-refractivity contribution in [3.8, 4) is 0 Å². The molecular formula is C9H8BrNO2. The van der Waals surface area contributed by atoms with E-state index in [9.17, 15) is 9.59 Å². The Balaban J connectivity index is 3.12. The lowest BCUT2D eigenvalue weighted by Crippen LogP contribution is -2.08. The lowest BCUT2D eigenvalue weighted by atomic mass is 10.2. The number of carbonyl (C=O) groups is 2. The zero-order chi connectivity index (χ0) is 9.84. The predicted molar refractivity (Wildman–Crippen MR) is 53.8 cm³/mol. The van der Waals surface area contributed by atoms with Crippen molar-refractivity contribution in [2.45, 2.75) is 6.92 Å². The fourth-order valence-electron chi connectivity index (χ4n) is 0.955. The number of aldehydes is 1. The lowest BCUT2D eigenvalue weighted by Gasteiger charge is -2.05. The number of hydrogen-bond acceptors (Lipinski definition) is 2. The molecule has 0 aliphatic rings. The lowest BCUT2D eigenvalue weighted by molar-refractivity contribution is -0.114. The van der Waals surface area contributed by atoms with Crippen LogP contribution in [0, 0.1) is 0 Å². The molecule has 1 amide bonds. The second-order valence-electron chi connectivity index (χ2n) is 2.50. The van der Waals surface area contributed by atoms with Gasteiger partial charge in [0.25, 0.3) is 0 Å². The first-order valence-electron chi connectivity index (χ1n) is 3.66. The number of amides is 1. The number of nitrogens with one attached hydrogen (secondary N) is 1. The minimum atomic E-state index is -0.193. The SMILES string of the molecule is CC(=O)Nc1cccc(Br)c1C=O. The summed E-state index contributed by atoms with van der Waals surface area (Å²) in [7, 11) is 0. The highest BCUT2D eigenvalue weighted by atomic mass is 79.9. The van der Waals surface area contributed by atoms with Crippen LogP contribution in [0.1, 0.15) is 17.3 Å². The quantitative estimate of drug-likeness (QED) is 0.808. The Hall–Kier alpha value is -1.16. The number of halogens is 1. The van der Waals surface area contributed by atoms with E-state index in [4.69, 9.17) is 0 Å². The van der Waals surface area contributed by atoms with Gasteiger partial charge in [-0.05, 0) is 28.1 Å². The summed E-state index contributed by atoms with van der Waals surface area (Å²) in [5.41, 5.74) is 0.981. The summed E-state index contributed by atoms with van der Waals surface area (Å²) in [5, 5.41) is 2.56. The summed E-state index contributed by atoms with van der Waals surface area (Å²) < 4.78 is 0.675. The number of rotatable bonds is 2. The molecule has 68 valence electrons. The average molecular weight is 242 g/mol. The molecule has 0 unspecified atom stereocenters. The minimum absolute atomic E-state index is 0.193. The summed E-state index contributed by atoms with van der Waals surface area (Å²) in [6, 6.07) is 5.17. The van der Waals surface area contributed by atoms with Gasteiger partial charge < -0.3 is 5.32 Å². The Bertz CT molecular complexity index is 349. The van der Waals surface area contributed by atoms with Gasteiger partial charge in [-0.15, -0.1) is 0 Å². The van der Waals surface area contributed by atoms with Crippen molar-refractivity contribution in [3.63, 3.8) is 0 Å². The van der Waals surface area contributed by atoms with Crippen molar-refractivity contribution in [2.24, 2.45) is 0 Å². The number of benzene rings is 1. The maximum absolute atomic E-state index is 10.8. The van der Waals surface area contributed by atoms with Crippen molar-refractivity contribution in [2.75, 3.05) is 5.32 Å². The molecule has 0 saturated carbocycles. The molecule has 0 radical (unpaired) electrons. The molecule has 0 saturated heterocycles. The summed E-state index contributed by atoms with van der Waals surface area (Å²) in [4.78, 5) is 21.4. The summed E-state index contributed by atoms with van der Waals surface area (Å²) in [6.45, 7) is 1.40. The first-order valence-corrected chi connectivity index (χ1v) is 4.45. The van der Waals surface area contributed by atoms with Gasteiger partial charge in [0.2, 0.25) is 5.91 Å². The van der Waals surface area contributed by atoms with Gasteiger partial charge in [0.15, 0.2) is 6.29 Å². The molecule has 0 atom stereocenters. The molecule has 0 heterocycles. The van der Waals surface area contributed by atoms with Gasteiger partial charge in [0.05, 0.1) is 11.3 Å². The van der Waals surface area contributed by atoms with Crippen LogP contribution in [0.4, 0.5) is 5.69 Å². The normalized spacial score (nSPS) is 9.38. The van der Waals surface area contributed by atoms with Gasteiger partial charge in [-0.1, -0.05) is 6.07 Å². The average Bonchev–Trinajstić information content (AvgIpc) is 2.03. The van der Waals surface area contributed by atoms with Crippen LogP contribution in [0.5, 0.6) is 0 Å². The summed E-state index contributed by atoms with van der Waals surface area (Å²) >= 11 is 3.21. The molecule has 3 nitrogen and oxygen atoms in total. The van der Waals surface area contributed by atoms with Gasteiger partial charge in [-0.25, -0.2) is 0 Å². The molecule has 1 rings (SSSR count). The van der Waals surface area contributed by atoms with E-state index in [0.29, 0.717) is 22.0 Å². The Morgan fingerprint density at radius 3 is 2.77 bits per heavy atom. The molecule has 0 fully saturated rings. The molecule has 0 aromatic heterocycles. The second kappa shape index (κ2) is 4.18. The molecular weight excluding hydrogens is 234 g/mol. The number of anilines is 1. The zero-order valence-corrected chi connectivity index (χ0v) is 8.59. The third kappa shape index (κ3) is 2.39. The first kappa shape index (κ1) is 9.92. The monoisotopic (exact) mass is 241 g/mol. The smallest absolute Gasteiger partial charge is 0.221 e. The maximum atomic E-state index is 10.8. The largest absolute Gasteiger partial charge is 0.326 e. The van der Waals surface area contributed by atoms with E-state index in [1.807, 2.05) is 0 Å². The van der Waals surface area contributed by atoms with E-state index in [-0.39, 0.29) is 5.91 Å². The van der Waals surface area contributed by atoms with Crippen LogP contribution < -0.4 is 5.32 Å². The van der Waals surface area contributed by atoms with E-state index in [1.165, 1.54) is 6.92 Å². The van der Waals surface area contributed by atoms with Crippen LogP contribution in [0.25, 0.3) is 0 Å². The van der Waals surface area contributed by atoms with E-state index < -0.39 is 0 Å². The third-order valence-electron chi connectivity index (χ3n) is 1.48. The topological polar surface area (TPSA) is 46.2 Å². The highest BCUT2D eigenvalue weighted by Gasteiger charge is 2.05. The molecule has 13 heavy (non-hydrogen) atoms. The fraction of sp³-hybridized carbons (Fsp3) is 0.111. The third-order valence-corrected chi connectivity index (χ3v) is 2.17. The molecule has 0 bridgehead atoms. The second-order valence-corrected chi connectivity index (χ2v) is 3.35. The van der Waals surface area contributed by atoms with Gasteiger partial charge in [-0.2, -0.15) is 0 Å². The molecule has 1 aromatic carbocycles. The Morgan fingerprint density at radius 2 is 2.23 bits per heavy atom. The molecule has 0 spiro atoms. The van der Waals surface area contributed by atoms with E-state index in [0.717, 1.165) is 0 Å². The van der Waals surface area contributed by atoms with Gasteiger partial charge in [0.1, 0.15) is 0 Å². The van der Waals surface area contributed by atoms with Gasteiger partial charge >= 0.3 is 0 Å².